The van der Waals surface area contributed by atoms with E-state index in [-0.39, 0.29) is 29.3 Å². The molecule has 1 aromatic heterocycles. The lowest BCUT2D eigenvalue weighted by atomic mass is 9.86. The van der Waals surface area contributed by atoms with Gasteiger partial charge in [-0.1, -0.05) is 56.8 Å². The number of nitrogens with two attached hydrogens (primary N) is 1. The van der Waals surface area contributed by atoms with Gasteiger partial charge in [-0.2, -0.15) is 0 Å². The Morgan fingerprint density at radius 3 is 2.41 bits per heavy atom. The Kier molecular flexibility index (Phi) is 5.69. The molecule has 0 atom stereocenters. The SMILES string of the molecule is CC(C)(C)c1ccc(C(=O)CSc2nnc(C3CC3)n2CCC(N)=O)cc1. The fourth-order valence-electron chi connectivity index (χ4n) is 2.85. The summed E-state index contributed by atoms with van der Waals surface area (Å²) in [4.78, 5) is 23.7. The Morgan fingerprint density at radius 1 is 1.19 bits per heavy atom. The molecule has 2 N–H and O–H groups in total. The summed E-state index contributed by atoms with van der Waals surface area (Å²) in [5.74, 6) is 1.31. The van der Waals surface area contributed by atoms with Crippen molar-refractivity contribution in [3.05, 3.63) is 41.2 Å². The molecular formula is C20H26N4O2S. The van der Waals surface area contributed by atoms with Gasteiger partial charge in [0.25, 0.3) is 0 Å². The van der Waals surface area contributed by atoms with Crippen LogP contribution in [0.2, 0.25) is 0 Å². The minimum absolute atomic E-state index is 0.0536. The maximum Gasteiger partial charge on any atom is 0.219 e. The number of thioether (sulfide) groups is 1. The summed E-state index contributed by atoms with van der Waals surface area (Å²) in [6.07, 6.45) is 2.43. The van der Waals surface area contributed by atoms with E-state index in [0.29, 0.717) is 23.2 Å². The highest BCUT2D eigenvalue weighted by Crippen LogP contribution is 2.40. The minimum Gasteiger partial charge on any atom is -0.370 e. The number of hydrogen-bond donors (Lipinski definition) is 1. The molecule has 0 saturated heterocycles. The molecule has 0 bridgehead atoms. The van der Waals surface area contributed by atoms with E-state index in [2.05, 4.69) is 31.0 Å². The van der Waals surface area contributed by atoms with Gasteiger partial charge in [-0.15, -0.1) is 10.2 Å². The van der Waals surface area contributed by atoms with Gasteiger partial charge in [0.15, 0.2) is 10.9 Å². The van der Waals surface area contributed by atoms with Crippen molar-refractivity contribution in [3.8, 4) is 0 Å². The second-order valence-corrected chi connectivity index (χ2v) is 8.96. The minimum atomic E-state index is -0.351. The molecule has 1 aromatic carbocycles. The Labute approximate surface area is 163 Å². The maximum atomic E-state index is 12.6. The fraction of sp³-hybridized carbons (Fsp3) is 0.500. The third kappa shape index (κ3) is 4.97. The molecule has 6 nitrogen and oxygen atoms in total. The first-order valence-corrected chi connectivity index (χ1v) is 10.2. The van der Waals surface area contributed by atoms with Gasteiger partial charge < -0.3 is 10.3 Å². The zero-order valence-corrected chi connectivity index (χ0v) is 16.9. The highest BCUT2D eigenvalue weighted by atomic mass is 32.2. The van der Waals surface area contributed by atoms with Crippen molar-refractivity contribution in [2.75, 3.05) is 5.75 Å². The van der Waals surface area contributed by atoms with E-state index in [0.717, 1.165) is 18.7 Å². The van der Waals surface area contributed by atoms with E-state index in [1.165, 1.54) is 17.3 Å². The molecule has 1 amide bonds. The van der Waals surface area contributed by atoms with Gasteiger partial charge in [0.05, 0.1) is 5.75 Å². The van der Waals surface area contributed by atoms with Gasteiger partial charge >= 0.3 is 0 Å². The smallest absolute Gasteiger partial charge is 0.219 e. The van der Waals surface area contributed by atoms with E-state index in [1.54, 1.807) is 0 Å². The summed E-state index contributed by atoms with van der Waals surface area (Å²) in [6.45, 7) is 6.91. The van der Waals surface area contributed by atoms with Crippen LogP contribution in [-0.4, -0.2) is 32.2 Å². The number of primary amides is 1. The van der Waals surface area contributed by atoms with Crippen LogP contribution in [0.1, 0.15) is 67.7 Å². The molecule has 1 aliphatic rings. The summed E-state index contributed by atoms with van der Waals surface area (Å²) in [5.41, 5.74) is 7.25. The molecule has 0 unspecified atom stereocenters. The van der Waals surface area contributed by atoms with Crippen LogP contribution in [0.3, 0.4) is 0 Å². The Morgan fingerprint density at radius 2 is 1.85 bits per heavy atom. The molecule has 144 valence electrons. The molecular weight excluding hydrogens is 360 g/mol. The highest BCUT2D eigenvalue weighted by molar-refractivity contribution is 7.99. The van der Waals surface area contributed by atoms with Crippen LogP contribution in [0.4, 0.5) is 0 Å². The lowest BCUT2D eigenvalue weighted by molar-refractivity contribution is -0.118. The Balaban J connectivity index is 1.67. The third-order valence-electron chi connectivity index (χ3n) is 4.68. The van der Waals surface area contributed by atoms with E-state index in [9.17, 15) is 9.59 Å². The van der Waals surface area contributed by atoms with Gasteiger partial charge in [-0.25, -0.2) is 0 Å². The van der Waals surface area contributed by atoms with E-state index >= 15 is 0 Å². The van der Waals surface area contributed by atoms with Crippen LogP contribution in [0.25, 0.3) is 0 Å². The van der Waals surface area contributed by atoms with Crippen molar-refractivity contribution in [2.45, 2.75) is 63.1 Å². The number of rotatable bonds is 8. The first-order valence-electron chi connectivity index (χ1n) is 9.23. The molecule has 0 radical (unpaired) electrons. The van der Waals surface area contributed by atoms with E-state index in [1.807, 2.05) is 28.8 Å². The van der Waals surface area contributed by atoms with Crippen LogP contribution in [-0.2, 0) is 16.8 Å². The van der Waals surface area contributed by atoms with Gasteiger partial charge in [-0.3, -0.25) is 9.59 Å². The van der Waals surface area contributed by atoms with Crippen molar-refractivity contribution in [1.29, 1.82) is 0 Å². The molecule has 27 heavy (non-hydrogen) atoms. The lowest BCUT2D eigenvalue weighted by Gasteiger charge is -2.18. The van der Waals surface area contributed by atoms with Crippen LogP contribution < -0.4 is 5.73 Å². The number of nitrogens with zero attached hydrogens (tertiary/aromatic N) is 3. The third-order valence-corrected chi connectivity index (χ3v) is 5.64. The first kappa shape index (κ1) is 19.6. The van der Waals surface area contributed by atoms with Crippen molar-refractivity contribution >= 4 is 23.5 Å². The molecule has 0 spiro atoms. The largest absolute Gasteiger partial charge is 0.370 e. The summed E-state index contributed by atoms with van der Waals surface area (Å²) in [5, 5.41) is 9.19. The van der Waals surface area contributed by atoms with E-state index < -0.39 is 0 Å². The number of Topliss-reactive ketones (excluding diaryl/α,β-unsaturated/α-hetero) is 1. The van der Waals surface area contributed by atoms with Crippen molar-refractivity contribution in [1.82, 2.24) is 14.8 Å². The number of ketones is 1. The maximum absolute atomic E-state index is 12.6. The summed E-state index contributed by atoms with van der Waals surface area (Å²) in [7, 11) is 0. The quantitative estimate of drug-likeness (QED) is 0.555. The topological polar surface area (TPSA) is 90.9 Å². The molecule has 1 aliphatic carbocycles. The summed E-state index contributed by atoms with van der Waals surface area (Å²) >= 11 is 1.37. The number of benzene rings is 1. The Hall–Kier alpha value is -2.15. The van der Waals surface area contributed by atoms with Crippen molar-refractivity contribution in [3.63, 3.8) is 0 Å². The van der Waals surface area contributed by atoms with Gasteiger partial charge in [-0.05, 0) is 23.8 Å². The van der Waals surface area contributed by atoms with Gasteiger partial charge in [0, 0.05) is 24.4 Å². The van der Waals surface area contributed by atoms with Crippen LogP contribution in [0.15, 0.2) is 29.4 Å². The summed E-state index contributed by atoms with van der Waals surface area (Å²) < 4.78 is 1.95. The normalized spacial score (nSPS) is 14.3. The number of amides is 1. The number of hydrogen-bond acceptors (Lipinski definition) is 5. The number of aromatic nitrogens is 3. The highest BCUT2D eigenvalue weighted by Gasteiger charge is 2.30. The van der Waals surface area contributed by atoms with Crippen molar-refractivity contribution in [2.24, 2.45) is 5.73 Å². The standard InChI is InChI=1S/C20H26N4O2S/c1-20(2,3)15-8-6-13(7-9-15)16(25)12-27-19-23-22-18(14-4-5-14)24(19)11-10-17(21)26/h6-9,14H,4-5,10-12H2,1-3H3,(H2,21,26). The fourth-order valence-corrected chi connectivity index (χ4v) is 3.72. The van der Waals surface area contributed by atoms with Gasteiger partial charge in [0.2, 0.25) is 5.91 Å². The van der Waals surface area contributed by atoms with E-state index in [4.69, 9.17) is 5.73 Å². The summed E-state index contributed by atoms with van der Waals surface area (Å²) in [6, 6.07) is 7.80. The van der Waals surface area contributed by atoms with Crippen molar-refractivity contribution < 1.29 is 9.59 Å². The lowest BCUT2D eigenvalue weighted by Crippen LogP contribution is -2.16. The van der Waals surface area contributed by atoms with Gasteiger partial charge in [0.1, 0.15) is 5.82 Å². The predicted molar refractivity (Wildman–Crippen MR) is 106 cm³/mol. The van der Waals surface area contributed by atoms with Crippen LogP contribution in [0.5, 0.6) is 0 Å². The van der Waals surface area contributed by atoms with Crippen LogP contribution >= 0.6 is 11.8 Å². The monoisotopic (exact) mass is 386 g/mol. The first-order chi connectivity index (χ1) is 12.8. The average molecular weight is 387 g/mol. The zero-order chi connectivity index (χ0) is 19.6. The molecule has 7 heteroatoms. The second-order valence-electron chi connectivity index (χ2n) is 8.02. The van der Waals surface area contributed by atoms with Crippen LogP contribution in [0, 0.1) is 0 Å². The predicted octanol–water partition coefficient (Wildman–Crippen LogP) is 3.30. The molecule has 1 heterocycles. The molecule has 0 aliphatic heterocycles. The Bertz CT molecular complexity index is 833. The molecule has 1 saturated carbocycles. The molecule has 1 fully saturated rings. The molecule has 3 rings (SSSR count). The second kappa shape index (κ2) is 7.84. The number of carbonyl (C=O) groups excluding carboxylic acids is 2. The average Bonchev–Trinajstić information content (AvgIpc) is 3.38. The zero-order valence-electron chi connectivity index (χ0n) is 16.1. The molecule has 2 aromatic rings. The number of carbonyl (C=O) groups is 2.